The van der Waals surface area contributed by atoms with Gasteiger partial charge in [0.15, 0.2) is 0 Å². The molecule has 0 radical (unpaired) electrons. The van der Waals surface area contributed by atoms with Crippen LogP contribution in [0.5, 0.6) is 0 Å². The Bertz CT molecular complexity index is 482. The van der Waals surface area contributed by atoms with Gasteiger partial charge in [0.25, 0.3) is 5.56 Å². The zero-order chi connectivity index (χ0) is 12.5. The summed E-state index contributed by atoms with van der Waals surface area (Å²) in [6, 6.07) is 5.19. The van der Waals surface area contributed by atoms with Gasteiger partial charge in [0.1, 0.15) is 0 Å². The van der Waals surface area contributed by atoms with E-state index in [0.717, 1.165) is 17.8 Å². The molecule has 2 saturated carbocycles. The zero-order valence-electron chi connectivity index (χ0n) is 11.1. The molecular formula is C15H22N2O. The average Bonchev–Trinajstić information content (AvgIpc) is 3.04. The predicted molar refractivity (Wildman–Crippen MR) is 72.8 cm³/mol. The molecule has 1 aromatic heterocycles. The molecule has 1 N–H and O–H groups in total. The Balaban J connectivity index is 1.75. The zero-order valence-corrected chi connectivity index (χ0v) is 11.1. The number of aromatic nitrogens is 1. The van der Waals surface area contributed by atoms with E-state index in [1.54, 1.807) is 0 Å². The molecule has 2 aliphatic carbocycles. The van der Waals surface area contributed by atoms with Gasteiger partial charge in [-0.15, -0.1) is 0 Å². The van der Waals surface area contributed by atoms with E-state index in [4.69, 9.17) is 0 Å². The highest BCUT2D eigenvalue weighted by molar-refractivity contribution is 5.17. The van der Waals surface area contributed by atoms with Gasteiger partial charge in [-0.2, -0.15) is 0 Å². The molecule has 18 heavy (non-hydrogen) atoms. The van der Waals surface area contributed by atoms with Crippen molar-refractivity contribution in [2.45, 2.75) is 64.1 Å². The summed E-state index contributed by atoms with van der Waals surface area (Å²) in [5.74, 6) is 0. The summed E-state index contributed by atoms with van der Waals surface area (Å²) < 4.78 is 1.99. The molecular weight excluding hydrogens is 224 g/mol. The van der Waals surface area contributed by atoms with Crippen molar-refractivity contribution in [1.29, 1.82) is 0 Å². The lowest BCUT2D eigenvalue weighted by Crippen LogP contribution is -2.31. The van der Waals surface area contributed by atoms with Gasteiger partial charge in [-0.25, -0.2) is 0 Å². The lowest BCUT2D eigenvalue weighted by atomic mass is 10.2. The Kier molecular flexibility index (Phi) is 3.25. The van der Waals surface area contributed by atoms with Crippen molar-refractivity contribution in [2.24, 2.45) is 0 Å². The number of aryl methyl sites for hydroxylation is 1. The summed E-state index contributed by atoms with van der Waals surface area (Å²) in [5.41, 5.74) is 2.26. The second-order valence-electron chi connectivity index (χ2n) is 5.77. The maximum atomic E-state index is 12.4. The van der Waals surface area contributed by atoms with Crippen molar-refractivity contribution in [2.75, 3.05) is 0 Å². The molecule has 2 aliphatic rings. The van der Waals surface area contributed by atoms with E-state index in [0.29, 0.717) is 12.1 Å². The van der Waals surface area contributed by atoms with E-state index in [2.05, 4.69) is 11.4 Å². The van der Waals surface area contributed by atoms with Crippen LogP contribution in [0.3, 0.4) is 0 Å². The molecule has 0 saturated heterocycles. The number of pyridine rings is 1. The number of nitrogens with zero attached hydrogens (tertiary/aromatic N) is 1. The fourth-order valence-electron chi connectivity index (χ4n) is 2.99. The van der Waals surface area contributed by atoms with E-state index < -0.39 is 0 Å². The molecule has 2 fully saturated rings. The van der Waals surface area contributed by atoms with Crippen LogP contribution in [-0.4, -0.2) is 10.6 Å². The van der Waals surface area contributed by atoms with Crippen molar-refractivity contribution >= 4 is 0 Å². The first-order chi connectivity index (χ1) is 8.75. The van der Waals surface area contributed by atoms with Gasteiger partial charge in [0.2, 0.25) is 0 Å². The first-order valence-corrected chi connectivity index (χ1v) is 7.20. The Hall–Kier alpha value is -1.09. The molecule has 0 aliphatic heterocycles. The number of nitrogens with one attached hydrogen (secondary N) is 1. The summed E-state index contributed by atoms with van der Waals surface area (Å²) in [4.78, 5) is 12.4. The summed E-state index contributed by atoms with van der Waals surface area (Å²) in [7, 11) is 0. The SMILES string of the molecule is Cc1ccc(CNC2CCCC2)c(=O)n1C1CC1. The monoisotopic (exact) mass is 246 g/mol. The van der Waals surface area contributed by atoms with E-state index in [1.807, 2.05) is 17.6 Å². The number of hydrogen-bond donors (Lipinski definition) is 1. The average molecular weight is 246 g/mol. The number of hydrogen-bond acceptors (Lipinski definition) is 2. The molecule has 0 atom stereocenters. The van der Waals surface area contributed by atoms with Crippen molar-refractivity contribution in [3.05, 3.63) is 33.7 Å². The van der Waals surface area contributed by atoms with Crippen LogP contribution in [0.1, 0.15) is 55.8 Å². The fourth-order valence-corrected chi connectivity index (χ4v) is 2.99. The molecule has 3 nitrogen and oxygen atoms in total. The van der Waals surface area contributed by atoms with Gasteiger partial charge in [0, 0.05) is 29.9 Å². The van der Waals surface area contributed by atoms with Gasteiger partial charge in [-0.1, -0.05) is 18.9 Å². The lowest BCUT2D eigenvalue weighted by Gasteiger charge is -2.14. The molecule has 0 unspecified atom stereocenters. The van der Waals surface area contributed by atoms with Crippen molar-refractivity contribution < 1.29 is 0 Å². The summed E-state index contributed by atoms with van der Waals surface area (Å²) in [5, 5.41) is 3.53. The van der Waals surface area contributed by atoms with Crippen LogP contribution in [0.15, 0.2) is 16.9 Å². The molecule has 3 heteroatoms. The Morgan fingerprint density at radius 2 is 1.94 bits per heavy atom. The van der Waals surface area contributed by atoms with Crippen molar-refractivity contribution in [3.8, 4) is 0 Å². The summed E-state index contributed by atoms with van der Waals surface area (Å²) in [6.45, 7) is 2.77. The molecule has 0 amide bonds. The minimum absolute atomic E-state index is 0.225. The van der Waals surface area contributed by atoms with Gasteiger partial charge in [0.05, 0.1) is 0 Å². The molecule has 1 aromatic rings. The van der Waals surface area contributed by atoms with Crippen LogP contribution in [0, 0.1) is 6.92 Å². The second-order valence-corrected chi connectivity index (χ2v) is 5.77. The molecule has 0 bridgehead atoms. The van der Waals surface area contributed by atoms with Crippen LogP contribution in [-0.2, 0) is 6.54 Å². The molecule has 3 rings (SSSR count). The third-order valence-electron chi connectivity index (χ3n) is 4.25. The maximum absolute atomic E-state index is 12.4. The topological polar surface area (TPSA) is 34.0 Å². The van der Waals surface area contributed by atoms with Gasteiger partial charge < -0.3 is 9.88 Å². The van der Waals surface area contributed by atoms with Crippen LogP contribution >= 0.6 is 0 Å². The highest BCUT2D eigenvalue weighted by atomic mass is 16.1. The fraction of sp³-hybridized carbons (Fsp3) is 0.667. The normalized spacial score (nSPS) is 20.5. The van der Waals surface area contributed by atoms with Crippen LogP contribution < -0.4 is 10.9 Å². The first kappa shape index (κ1) is 12.0. The van der Waals surface area contributed by atoms with E-state index >= 15 is 0 Å². The maximum Gasteiger partial charge on any atom is 0.255 e. The highest BCUT2D eigenvalue weighted by Crippen LogP contribution is 2.34. The lowest BCUT2D eigenvalue weighted by molar-refractivity contribution is 0.519. The smallest absolute Gasteiger partial charge is 0.255 e. The van der Waals surface area contributed by atoms with E-state index in [-0.39, 0.29) is 5.56 Å². The first-order valence-electron chi connectivity index (χ1n) is 7.20. The van der Waals surface area contributed by atoms with Crippen molar-refractivity contribution in [1.82, 2.24) is 9.88 Å². The third-order valence-corrected chi connectivity index (χ3v) is 4.25. The van der Waals surface area contributed by atoms with E-state index in [1.165, 1.54) is 38.5 Å². The highest BCUT2D eigenvalue weighted by Gasteiger charge is 2.26. The summed E-state index contributed by atoms with van der Waals surface area (Å²) >= 11 is 0. The quantitative estimate of drug-likeness (QED) is 0.885. The third kappa shape index (κ3) is 2.37. The molecule has 0 spiro atoms. The molecule has 98 valence electrons. The largest absolute Gasteiger partial charge is 0.310 e. The van der Waals surface area contributed by atoms with Gasteiger partial charge >= 0.3 is 0 Å². The minimum atomic E-state index is 0.225. The second kappa shape index (κ2) is 4.88. The van der Waals surface area contributed by atoms with Crippen LogP contribution in [0.2, 0.25) is 0 Å². The van der Waals surface area contributed by atoms with Crippen LogP contribution in [0.25, 0.3) is 0 Å². The van der Waals surface area contributed by atoms with Crippen LogP contribution in [0.4, 0.5) is 0 Å². The van der Waals surface area contributed by atoms with Gasteiger partial charge in [-0.05, 0) is 38.7 Å². The molecule has 0 aromatic carbocycles. The predicted octanol–water partition coefficient (Wildman–Crippen LogP) is 2.52. The summed E-state index contributed by atoms with van der Waals surface area (Å²) in [6.07, 6.45) is 7.53. The standard InChI is InChI=1S/C15H22N2O/c1-11-6-7-12(10-16-13-4-2-3-5-13)15(18)17(11)14-8-9-14/h6-7,13-14,16H,2-5,8-10H2,1H3. The Labute approximate surface area is 108 Å². The van der Waals surface area contributed by atoms with Gasteiger partial charge in [-0.3, -0.25) is 4.79 Å². The Morgan fingerprint density at radius 1 is 1.22 bits per heavy atom. The van der Waals surface area contributed by atoms with E-state index in [9.17, 15) is 4.79 Å². The Morgan fingerprint density at radius 3 is 2.61 bits per heavy atom. The van der Waals surface area contributed by atoms with Crippen molar-refractivity contribution in [3.63, 3.8) is 0 Å². The number of rotatable bonds is 4. The minimum Gasteiger partial charge on any atom is -0.310 e. The molecule has 1 heterocycles.